The monoisotopic (exact) mass is 429 g/mol. The lowest BCUT2D eigenvalue weighted by atomic mass is 10.1. The van der Waals surface area contributed by atoms with E-state index in [2.05, 4.69) is 41.3 Å². The van der Waals surface area contributed by atoms with Crippen molar-refractivity contribution in [3.8, 4) is 34.0 Å². The molecule has 32 heavy (non-hydrogen) atoms. The van der Waals surface area contributed by atoms with Gasteiger partial charge in [-0.05, 0) is 60.4 Å². The fourth-order valence-electron chi connectivity index (χ4n) is 4.31. The lowest BCUT2D eigenvalue weighted by Crippen LogP contribution is -2.24. The summed E-state index contributed by atoms with van der Waals surface area (Å²) in [4.78, 5) is 2.30. The normalized spacial score (nSPS) is 16.5. The Labute approximate surface area is 187 Å². The first-order valence-electron chi connectivity index (χ1n) is 11.0. The van der Waals surface area contributed by atoms with Crippen LogP contribution in [0, 0.1) is 0 Å². The van der Waals surface area contributed by atoms with E-state index in [-0.39, 0.29) is 6.10 Å². The Balaban J connectivity index is 1.41. The molecule has 3 heterocycles. The summed E-state index contributed by atoms with van der Waals surface area (Å²) >= 11 is 0. The van der Waals surface area contributed by atoms with Gasteiger partial charge in [-0.15, -0.1) is 0 Å². The molecule has 1 N–H and O–H groups in total. The lowest BCUT2D eigenvalue weighted by Gasteiger charge is -2.15. The molecular formula is C26H27N3O3. The van der Waals surface area contributed by atoms with Crippen molar-refractivity contribution < 1.29 is 14.3 Å². The van der Waals surface area contributed by atoms with Gasteiger partial charge < -0.3 is 19.2 Å². The zero-order valence-electron chi connectivity index (χ0n) is 18.1. The fourth-order valence-corrected chi connectivity index (χ4v) is 4.31. The van der Waals surface area contributed by atoms with Gasteiger partial charge in [0.2, 0.25) is 0 Å². The summed E-state index contributed by atoms with van der Waals surface area (Å²) in [5, 5.41) is 14.5. The number of β-amino-alcohol motifs (C(OH)–C–C–N with tert-alkyl or cyclic N) is 1. The van der Waals surface area contributed by atoms with Crippen molar-refractivity contribution in [2.24, 2.45) is 0 Å². The summed E-state index contributed by atoms with van der Waals surface area (Å²) in [6, 6.07) is 20.3. The van der Waals surface area contributed by atoms with Crippen LogP contribution >= 0.6 is 0 Å². The van der Waals surface area contributed by atoms with Gasteiger partial charge in [-0.2, -0.15) is 5.10 Å². The highest BCUT2D eigenvalue weighted by Gasteiger charge is 2.22. The van der Waals surface area contributed by atoms with Crippen LogP contribution in [0.3, 0.4) is 0 Å². The van der Waals surface area contributed by atoms with E-state index in [1.807, 2.05) is 35.1 Å². The Morgan fingerprint density at radius 1 is 1.06 bits per heavy atom. The third-order valence-electron chi connectivity index (χ3n) is 6.08. The van der Waals surface area contributed by atoms with Crippen LogP contribution in [0.4, 0.5) is 0 Å². The van der Waals surface area contributed by atoms with Gasteiger partial charge in [-0.3, -0.25) is 0 Å². The molecule has 1 unspecified atom stereocenters. The molecule has 0 saturated carbocycles. The molecule has 6 nitrogen and oxygen atoms in total. The molecule has 1 fully saturated rings. The molecule has 1 aliphatic heterocycles. The minimum Gasteiger partial charge on any atom is -0.497 e. The topological polar surface area (TPSA) is 63.7 Å². The summed E-state index contributed by atoms with van der Waals surface area (Å²) in [5.41, 5.74) is 5.37. The van der Waals surface area contributed by atoms with Crippen molar-refractivity contribution in [3.63, 3.8) is 0 Å². The molecule has 4 aromatic rings. The largest absolute Gasteiger partial charge is 0.497 e. The second kappa shape index (κ2) is 9.02. The maximum absolute atomic E-state index is 9.81. The first kappa shape index (κ1) is 20.5. The van der Waals surface area contributed by atoms with E-state index in [9.17, 15) is 5.11 Å². The summed E-state index contributed by atoms with van der Waals surface area (Å²) in [7, 11) is 1.67. The summed E-state index contributed by atoms with van der Waals surface area (Å²) < 4.78 is 13.0. The van der Waals surface area contributed by atoms with Crippen molar-refractivity contribution in [2.45, 2.75) is 18.9 Å². The van der Waals surface area contributed by atoms with E-state index >= 15 is 0 Å². The number of aliphatic hydroxyl groups excluding tert-OH is 1. The molecule has 0 spiro atoms. The number of aromatic nitrogens is 2. The molecule has 0 aliphatic carbocycles. The van der Waals surface area contributed by atoms with Gasteiger partial charge >= 0.3 is 0 Å². The molecule has 0 bridgehead atoms. The zero-order chi connectivity index (χ0) is 21.9. The Hall–Kier alpha value is -3.35. The van der Waals surface area contributed by atoms with E-state index in [1.54, 1.807) is 13.4 Å². The number of aliphatic hydroxyl groups is 1. The molecule has 1 saturated heterocycles. The third kappa shape index (κ3) is 4.20. The number of hydrogen-bond donors (Lipinski definition) is 1. The molecule has 5 rings (SSSR count). The predicted octanol–water partition coefficient (Wildman–Crippen LogP) is 4.42. The highest BCUT2D eigenvalue weighted by Crippen LogP contribution is 2.29. The van der Waals surface area contributed by atoms with Crippen molar-refractivity contribution >= 4 is 0 Å². The number of furan rings is 1. The van der Waals surface area contributed by atoms with E-state index in [1.165, 1.54) is 0 Å². The second-order valence-electron chi connectivity index (χ2n) is 8.18. The average Bonchev–Trinajstić information content (AvgIpc) is 3.59. The van der Waals surface area contributed by atoms with Crippen LogP contribution in [-0.4, -0.2) is 52.6 Å². The first-order valence-corrected chi connectivity index (χ1v) is 11.0. The number of methoxy groups -OCH3 is 1. The average molecular weight is 430 g/mol. The van der Waals surface area contributed by atoms with Crippen molar-refractivity contribution in [3.05, 3.63) is 78.7 Å². The number of rotatable bonds is 7. The highest BCUT2D eigenvalue weighted by molar-refractivity contribution is 5.67. The first-order chi connectivity index (χ1) is 15.7. The van der Waals surface area contributed by atoms with Crippen LogP contribution < -0.4 is 4.74 Å². The quantitative estimate of drug-likeness (QED) is 0.471. The molecule has 164 valence electrons. The summed E-state index contributed by atoms with van der Waals surface area (Å²) in [6.07, 6.45) is 5.13. The van der Waals surface area contributed by atoms with Crippen LogP contribution in [-0.2, 0) is 6.42 Å². The Morgan fingerprint density at radius 2 is 1.81 bits per heavy atom. The van der Waals surface area contributed by atoms with Gasteiger partial charge in [0.25, 0.3) is 0 Å². The van der Waals surface area contributed by atoms with E-state index in [4.69, 9.17) is 14.3 Å². The number of likely N-dealkylation sites (tertiary alicyclic amines) is 1. The van der Waals surface area contributed by atoms with Gasteiger partial charge in [0.1, 0.15) is 11.4 Å². The molecule has 0 radical (unpaired) electrons. The number of benzene rings is 2. The highest BCUT2D eigenvalue weighted by atomic mass is 16.5. The minimum absolute atomic E-state index is 0.202. The number of nitrogens with zero attached hydrogens (tertiary/aromatic N) is 3. The van der Waals surface area contributed by atoms with Gasteiger partial charge in [0.05, 0.1) is 31.4 Å². The van der Waals surface area contributed by atoms with Crippen molar-refractivity contribution in [1.29, 1.82) is 0 Å². The molecular weight excluding hydrogens is 402 g/mol. The van der Waals surface area contributed by atoms with Crippen LogP contribution in [0.15, 0.2) is 77.5 Å². The van der Waals surface area contributed by atoms with Crippen LogP contribution in [0.1, 0.15) is 12.0 Å². The molecule has 2 aromatic carbocycles. The summed E-state index contributed by atoms with van der Waals surface area (Å²) in [6.45, 7) is 2.59. The Kier molecular flexibility index (Phi) is 5.79. The fraction of sp³-hybridized carbons (Fsp3) is 0.269. The molecule has 6 heteroatoms. The molecule has 1 aliphatic rings. The van der Waals surface area contributed by atoms with Gasteiger partial charge in [0, 0.05) is 25.2 Å². The van der Waals surface area contributed by atoms with E-state index in [0.717, 1.165) is 72.1 Å². The standard InChI is InChI=1S/C26H27N3O3/c1-31-24-10-6-20(7-11-24)19-4-8-22(9-5-19)29-26(25-3-2-16-32-25)21(17-27-29)12-14-28-15-13-23(30)18-28/h2-11,16-17,23,30H,12-15,18H2,1H3. The van der Waals surface area contributed by atoms with Gasteiger partial charge in [-0.25, -0.2) is 4.68 Å². The third-order valence-corrected chi connectivity index (χ3v) is 6.08. The zero-order valence-corrected chi connectivity index (χ0v) is 18.1. The maximum Gasteiger partial charge on any atom is 0.152 e. The van der Waals surface area contributed by atoms with Crippen LogP contribution in [0.2, 0.25) is 0 Å². The number of hydrogen-bond acceptors (Lipinski definition) is 5. The maximum atomic E-state index is 9.81. The van der Waals surface area contributed by atoms with Gasteiger partial charge in [-0.1, -0.05) is 24.3 Å². The second-order valence-corrected chi connectivity index (χ2v) is 8.18. The molecule has 2 aromatic heterocycles. The van der Waals surface area contributed by atoms with E-state index in [0.29, 0.717) is 0 Å². The molecule has 0 amide bonds. The smallest absolute Gasteiger partial charge is 0.152 e. The predicted molar refractivity (Wildman–Crippen MR) is 124 cm³/mol. The number of ether oxygens (including phenoxy) is 1. The summed E-state index contributed by atoms with van der Waals surface area (Å²) in [5.74, 6) is 1.65. The molecule has 1 atom stereocenters. The Bertz CT molecular complexity index is 1150. The lowest BCUT2D eigenvalue weighted by molar-refractivity contribution is 0.177. The van der Waals surface area contributed by atoms with Crippen LogP contribution in [0.5, 0.6) is 5.75 Å². The van der Waals surface area contributed by atoms with Crippen LogP contribution in [0.25, 0.3) is 28.3 Å². The van der Waals surface area contributed by atoms with Crippen molar-refractivity contribution in [2.75, 3.05) is 26.7 Å². The van der Waals surface area contributed by atoms with Gasteiger partial charge in [0.15, 0.2) is 5.76 Å². The Morgan fingerprint density at radius 3 is 2.44 bits per heavy atom. The SMILES string of the molecule is COc1ccc(-c2ccc(-n3ncc(CCN4CCC(O)C4)c3-c3ccco3)cc2)cc1. The van der Waals surface area contributed by atoms with E-state index < -0.39 is 0 Å². The minimum atomic E-state index is -0.202. The van der Waals surface area contributed by atoms with Crippen molar-refractivity contribution in [1.82, 2.24) is 14.7 Å².